The minimum absolute atomic E-state index is 0.0351. The molecule has 5 heteroatoms. The van der Waals surface area contributed by atoms with Gasteiger partial charge in [0, 0.05) is 44.5 Å². The molecule has 0 aliphatic rings. The van der Waals surface area contributed by atoms with Crippen LogP contribution in [-0.2, 0) is 12.0 Å². The predicted molar refractivity (Wildman–Crippen MR) is 99.8 cm³/mol. The van der Waals surface area contributed by atoms with E-state index in [0.717, 1.165) is 31.3 Å². The third-order valence-corrected chi connectivity index (χ3v) is 4.10. The monoisotopic (exact) mass is 328 g/mol. The summed E-state index contributed by atoms with van der Waals surface area (Å²) in [7, 11) is 3.49. The van der Waals surface area contributed by atoms with Gasteiger partial charge in [-0.25, -0.2) is 0 Å². The smallest absolute Gasteiger partial charge is 0.191 e. The quantitative estimate of drug-likeness (QED) is 0.607. The van der Waals surface area contributed by atoms with Gasteiger partial charge in [0.15, 0.2) is 5.96 Å². The Labute approximate surface area is 144 Å². The van der Waals surface area contributed by atoms with E-state index in [1.165, 1.54) is 5.56 Å². The Hall–Kier alpha value is -2.43. The summed E-state index contributed by atoms with van der Waals surface area (Å²) in [5.41, 5.74) is 1.20. The maximum absolute atomic E-state index is 5.33. The Balaban J connectivity index is 1.86. The first kappa shape index (κ1) is 17.9. The summed E-state index contributed by atoms with van der Waals surface area (Å²) in [6.45, 7) is 6.94. The summed E-state index contributed by atoms with van der Waals surface area (Å²) in [5.74, 6) is 1.70. The van der Waals surface area contributed by atoms with Crippen LogP contribution in [0.25, 0.3) is 0 Å². The summed E-state index contributed by atoms with van der Waals surface area (Å²) in [6, 6.07) is 12.3. The average Bonchev–Trinajstić information content (AvgIpc) is 3.11. The second-order valence-corrected chi connectivity index (χ2v) is 6.39. The summed E-state index contributed by atoms with van der Waals surface area (Å²) >= 11 is 0. The van der Waals surface area contributed by atoms with Gasteiger partial charge in [0.2, 0.25) is 0 Å². The van der Waals surface area contributed by atoms with Gasteiger partial charge in [0.1, 0.15) is 5.75 Å². The van der Waals surface area contributed by atoms with Crippen molar-refractivity contribution < 1.29 is 4.74 Å². The number of aliphatic imine (C=N–C) groups is 1. The van der Waals surface area contributed by atoms with Crippen molar-refractivity contribution in [3.05, 3.63) is 54.4 Å². The molecule has 1 heterocycles. The Kier molecular flexibility index (Phi) is 6.29. The van der Waals surface area contributed by atoms with Crippen molar-refractivity contribution >= 4 is 5.96 Å². The van der Waals surface area contributed by atoms with E-state index >= 15 is 0 Å². The van der Waals surface area contributed by atoms with Crippen LogP contribution >= 0.6 is 0 Å². The number of ether oxygens (including phenoxy) is 1. The number of nitrogens with zero attached hydrogens (tertiary/aromatic N) is 2. The number of aromatic nitrogens is 1. The number of hydrogen-bond acceptors (Lipinski definition) is 2. The van der Waals surface area contributed by atoms with E-state index in [0.29, 0.717) is 0 Å². The van der Waals surface area contributed by atoms with Crippen LogP contribution in [0.1, 0.15) is 19.4 Å². The molecule has 0 atom stereocenters. The van der Waals surface area contributed by atoms with Crippen molar-refractivity contribution in [3.8, 4) is 5.75 Å². The van der Waals surface area contributed by atoms with Gasteiger partial charge in [-0.1, -0.05) is 26.0 Å². The summed E-state index contributed by atoms with van der Waals surface area (Å²) in [4.78, 5) is 4.30. The summed E-state index contributed by atoms with van der Waals surface area (Å²) in [6.07, 6.45) is 4.12. The zero-order valence-electron chi connectivity index (χ0n) is 15.0. The average molecular weight is 328 g/mol. The molecule has 0 unspecified atom stereocenters. The molecule has 2 aromatic rings. The van der Waals surface area contributed by atoms with E-state index in [1.807, 2.05) is 24.3 Å². The molecular weight excluding hydrogens is 300 g/mol. The molecule has 0 aliphatic heterocycles. The van der Waals surface area contributed by atoms with Gasteiger partial charge in [0.05, 0.1) is 7.11 Å². The molecule has 5 nitrogen and oxygen atoms in total. The minimum atomic E-state index is -0.0351. The zero-order valence-corrected chi connectivity index (χ0v) is 15.0. The molecule has 0 spiro atoms. The highest BCUT2D eigenvalue weighted by atomic mass is 16.5. The first-order valence-electron chi connectivity index (χ1n) is 8.25. The van der Waals surface area contributed by atoms with Crippen LogP contribution in [0, 0.1) is 0 Å². The standard InChI is InChI=1S/C19H28N4O/c1-19(2,16-8-7-9-17(14-16)24-4)15-22-18(20-3)21-10-13-23-11-5-6-12-23/h5-9,11-12,14H,10,13,15H2,1-4H3,(H2,20,21,22). The molecule has 0 bridgehead atoms. The first-order valence-corrected chi connectivity index (χ1v) is 8.25. The lowest BCUT2D eigenvalue weighted by atomic mass is 9.84. The van der Waals surface area contributed by atoms with Crippen LogP contribution in [0.3, 0.4) is 0 Å². The summed E-state index contributed by atoms with van der Waals surface area (Å²) in [5, 5.41) is 6.76. The van der Waals surface area contributed by atoms with E-state index in [4.69, 9.17) is 4.74 Å². The van der Waals surface area contributed by atoms with E-state index in [-0.39, 0.29) is 5.41 Å². The second-order valence-electron chi connectivity index (χ2n) is 6.39. The highest BCUT2D eigenvalue weighted by Crippen LogP contribution is 2.25. The molecule has 24 heavy (non-hydrogen) atoms. The van der Waals surface area contributed by atoms with Crippen molar-refractivity contribution in [2.75, 3.05) is 27.2 Å². The molecule has 0 saturated carbocycles. The van der Waals surface area contributed by atoms with E-state index in [2.05, 4.69) is 58.6 Å². The molecule has 0 amide bonds. The van der Waals surface area contributed by atoms with Crippen LogP contribution < -0.4 is 15.4 Å². The lowest BCUT2D eigenvalue weighted by Crippen LogP contribution is -2.44. The maximum atomic E-state index is 5.33. The fraction of sp³-hybridized carbons (Fsp3) is 0.421. The van der Waals surface area contributed by atoms with E-state index in [9.17, 15) is 0 Å². The molecule has 0 radical (unpaired) electrons. The SMILES string of the molecule is CN=C(NCCn1cccc1)NCC(C)(C)c1cccc(OC)c1. The molecule has 130 valence electrons. The van der Waals surface area contributed by atoms with Gasteiger partial charge in [-0.05, 0) is 29.8 Å². The molecule has 1 aromatic carbocycles. The minimum Gasteiger partial charge on any atom is -0.497 e. The Bertz CT molecular complexity index is 647. The third-order valence-electron chi connectivity index (χ3n) is 4.10. The van der Waals surface area contributed by atoms with Gasteiger partial charge in [-0.3, -0.25) is 4.99 Å². The van der Waals surface area contributed by atoms with Crippen molar-refractivity contribution in [2.45, 2.75) is 25.8 Å². The number of rotatable bonds is 7. The number of nitrogens with one attached hydrogen (secondary N) is 2. The zero-order chi connectivity index (χ0) is 17.4. The summed E-state index contributed by atoms with van der Waals surface area (Å²) < 4.78 is 7.47. The topological polar surface area (TPSA) is 50.6 Å². The van der Waals surface area contributed by atoms with Gasteiger partial charge in [0.25, 0.3) is 0 Å². The third kappa shape index (κ3) is 5.05. The maximum Gasteiger partial charge on any atom is 0.191 e. The fourth-order valence-corrected chi connectivity index (χ4v) is 2.49. The molecule has 2 N–H and O–H groups in total. The highest BCUT2D eigenvalue weighted by Gasteiger charge is 2.21. The molecule has 0 saturated heterocycles. The van der Waals surface area contributed by atoms with E-state index < -0.39 is 0 Å². The van der Waals surface area contributed by atoms with Crippen LogP contribution in [0.2, 0.25) is 0 Å². The number of guanidine groups is 1. The van der Waals surface area contributed by atoms with Crippen molar-refractivity contribution in [1.82, 2.24) is 15.2 Å². The molecule has 0 aliphatic carbocycles. The van der Waals surface area contributed by atoms with Crippen molar-refractivity contribution in [1.29, 1.82) is 0 Å². The van der Waals surface area contributed by atoms with Gasteiger partial charge in [-0.15, -0.1) is 0 Å². The van der Waals surface area contributed by atoms with Gasteiger partial charge in [-0.2, -0.15) is 0 Å². The highest BCUT2D eigenvalue weighted by molar-refractivity contribution is 5.79. The van der Waals surface area contributed by atoms with Crippen LogP contribution in [-0.4, -0.2) is 37.8 Å². The number of methoxy groups -OCH3 is 1. The van der Waals surface area contributed by atoms with Crippen LogP contribution in [0.15, 0.2) is 53.8 Å². The fourth-order valence-electron chi connectivity index (χ4n) is 2.49. The molecular formula is C19H28N4O. The second kappa shape index (κ2) is 8.43. The van der Waals surface area contributed by atoms with Gasteiger partial charge < -0.3 is 19.9 Å². The van der Waals surface area contributed by atoms with Crippen LogP contribution in [0.5, 0.6) is 5.75 Å². The predicted octanol–water partition coefficient (Wildman–Crippen LogP) is 2.64. The Morgan fingerprint density at radius 3 is 2.58 bits per heavy atom. The number of benzene rings is 1. The molecule has 2 rings (SSSR count). The Morgan fingerprint density at radius 1 is 1.17 bits per heavy atom. The normalized spacial score (nSPS) is 12.1. The van der Waals surface area contributed by atoms with E-state index in [1.54, 1.807) is 14.2 Å². The van der Waals surface area contributed by atoms with Crippen LogP contribution in [0.4, 0.5) is 0 Å². The number of hydrogen-bond donors (Lipinski definition) is 2. The van der Waals surface area contributed by atoms with Crippen molar-refractivity contribution in [2.24, 2.45) is 4.99 Å². The largest absolute Gasteiger partial charge is 0.497 e. The lowest BCUT2D eigenvalue weighted by Gasteiger charge is -2.27. The molecule has 0 fully saturated rings. The Morgan fingerprint density at radius 2 is 1.92 bits per heavy atom. The van der Waals surface area contributed by atoms with Gasteiger partial charge >= 0.3 is 0 Å². The first-order chi connectivity index (χ1) is 11.5. The van der Waals surface area contributed by atoms with Crippen molar-refractivity contribution in [3.63, 3.8) is 0 Å². The molecule has 1 aromatic heterocycles. The lowest BCUT2D eigenvalue weighted by molar-refractivity contribution is 0.411.